The number of benzene rings is 1. The molecule has 2 aromatic rings. The first-order valence-corrected chi connectivity index (χ1v) is 6.48. The molecule has 0 fully saturated rings. The Kier molecular flexibility index (Phi) is 4.25. The summed E-state index contributed by atoms with van der Waals surface area (Å²) in [5.74, 6) is 0.441. The van der Waals surface area contributed by atoms with Gasteiger partial charge in [0.2, 0.25) is 5.76 Å². The first kappa shape index (κ1) is 14.3. The number of ether oxygens (including phenoxy) is 1. The third-order valence-corrected chi connectivity index (χ3v) is 3.16. The maximum atomic E-state index is 11.4. The van der Waals surface area contributed by atoms with E-state index < -0.39 is 5.97 Å². The molecule has 0 aliphatic carbocycles. The van der Waals surface area contributed by atoms with Gasteiger partial charge in [-0.25, -0.2) is 4.79 Å². The summed E-state index contributed by atoms with van der Waals surface area (Å²) in [4.78, 5) is 11.4. The Labute approximate surface area is 118 Å². The zero-order valence-corrected chi connectivity index (χ0v) is 12.2. The number of rotatable bonds is 4. The van der Waals surface area contributed by atoms with Crippen molar-refractivity contribution >= 4 is 5.97 Å². The van der Waals surface area contributed by atoms with Crippen LogP contribution in [-0.4, -0.2) is 20.1 Å². The van der Waals surface area contributed by atoms with Crippen LogP contribution in [0.4, 0.5) is 0 Å². The first-order valence-electron chi connectivity index (χ1n) is 6.48. The van der Waals surface area contributed by atoms with Crippen molar-refractivity contribution in [3.8, 4) is 0 Å². The molecule has 4 nitrogen and oxygen atoms in total. The number of carbonyl (C=O) groups is 1. The van der Waals surface area contributed by atoms with Crippen LogP contribution >= 0.6 is 0 Å². The number of hydrogen-bond donors (Lipinski definition) is 1. The molecule has 0 aliphatic rings. The highest BCUT2D eigenvalue weighted by Crippen LogP contribution is 2.25. The molecule has 0 amide bonds. The number of furan rings is 1. The fourth-order valence-corrected chi connectivity index (χ4v) is 2.37. The topological polar surface area (TPSA) is 51.5 Å². The predicted molar refractivity (Wildman–Crippen MR) is 76.9 cm³/mol. The van der Waals surface area contributed by atoms with Gasteiger partial charge in [-0.05, 0) is 38.6 Å². The number of nitrogens with one attached hydrogen (secondary N) is 1. The summed E-state index contributed by atoms with van der Waals surface area (Å²) in [6.45, 7) is 4.12. The van der Waals surface area contributed by atoms with Gasteiger partial charge in [-0.2, -0.15) is 0 Å². The van der Waals surface area contributed by atoms with E-state index in [1.54, 1.807) is 12.1 Å². The van der Waals surface area contributed by atoms with Gasteiger partial charge in [0.25, 0.3) is 0 Å². The SMILES string of the molecule is CNC(c1cc(C)cc(C)c1)c1ccc(C(=O)OC)o1. The molecule has 1 aromatic heterocycles. The van der Waals surface area contributed by atoms with Gasteiger partial charge >= 0.3 is 5.97 Å². The fraction of sp³-hybridized carbons (Fsp3) is 0.312. The maximum absolute atomic E-state index is 11.4. The lowest BCUT2D eigenvalue weighted by Gasteiger charge is -2.15. The summed E-state index contributed by atoms with van der Waals surface area (Å²) in [7, 11) is 3.20. The van der Waals surface area contributed by atoms with Crippen LogP contribution in [0.25, 0.3) is 0 Å². The number of methoxy groups -OCH3 is 1. The Bertz CT molecular complexity index is 596. The molecule has 0 saturated carbocycles. The molecule has 20 heavy (non-hydrogen) atoms. The predicted octanol–water partition coefficient (Wildman–Crippen LogP) is 2.99. The first-order chi connectivity index (χ1) is 9.55. The van der Waals surface area contributed by atoms with Gasteiger partial charge in [0.15, 0.2) is 0 Å². The molecule has 0 spiro atoms. The van der Waals surface area contributed by atoms with Crippen molar-refractivity contribution in [2.45, 2.75) is 19.9 Å². The summed E-state index contributed by atoms with van der Waals surface area (Å²) in [5.41, 5.74) is 3.50. The minimum atomic E-state index is -0.466. The molecule has 0 bridgehead atoms. The van der Waals surface area contributed by atoms with Gasteiger partial charge in [-0.1, -0.05) is 29.3 Å². The van der Waals surface area contributed by atoms with E-state index in [1.807, 2.05) is 7.05 Å². The van der Waals surface area contributed by atoms with Crippen molar-refractivity contribution in [1.82, 2.24) is 5.32 Å². The van der Waals surface area contributed by atoms with E-state index in [-0.39, 0.29) is 11.8 Å². The third kappa shape index (κ3) is 2.91. The van der Waals surface area contributed by atoms with Gasteiger partial charge in [-0.15, -0.1) is 0 Å². The van der Waals surface area contributed by atoms with Crippen LogP contribution in [0, 0.1) is 13.8 Å². The van der Waals surface area contributed by atoms with E-state index in [1.165, 1.54) is 18.2 Å². The quantitative estimate of drug-likeness (QED) is 0.870. The van der Waals surface area contributed by atoms with Gasteiger partial charge < -0.3 is 14.5 Å². The van der Waals surface area contributed by atoms with Gasteiger partial charge in [0, 0.05) is 0 Å². The summed E-state index contributed by atoms with van der Waals surface area (Å²) >= 11 is 0. The van der Waals surface area contributed by atoms with E-state index in [4.69, 9.17) is 4.42 Å². The second kappa shape index (κ2) is 5.92. The lowest BCUT2D eigenvalue weighted by molar-refractivity contribution is 0.0562. The van der Waals surface area contributed by atoms with Crippen molar-refractivity contribution in [2.75, 3.05) is 14.2 Å². The summed E-state index contributed by atoms with van der Waals surface area (Å²) in [6.07, 6.45) is 0. The molecule has 1 N–H and O–H groups in total. The molecule has 4 heteroatoms. The van der Waals surface area contributed by atoms with Gasteiger partial charge in [0.05, 0.1) is 13.2 Å². The van der Waals surface area contributed by atoms with Crippen LogP contribution in [0.15, 0.2) is 34.7 Å². The summed E-state index contributed by atoms with van der Waals surface area (Å²) < 4.78 is 10.2. The lowest BCUT2D eigenvalue weighted by atomic mass is 10.00. The largest absolute Gasteiger partial charge is 0.463 e. The second-order valence-corrected chi connectivity index (χ2v) is 4.84. The average molecular weight is 273 g/mol. The normalized spacial score (nSPS) is 12.2. The van der Waals surface area contributed by atoms with E-state index in [0.29, 0.717) is 5.76 Å². The lowest BCUT2D eigenvalue weighted by Crippen LogP contribution is -2.17. The van der Waals surface area contributed by atoms with Gasteiger partial charge in [0.1, 0.15) is 5.76 Å². The summed E-state index contributed by atoms with van der Waals surface area (Å²) in [5, 5.41) is 3.21. The highest BCUT2D eigenvalue weighted by Gasteiger charge is 2.19. The van der Waals surface area contributed by atoms with E-state index in [9.17, 15) is 4.79 Å². The molecule has 0 saturated heterocycles. The van der Waals surface area contributed by atoms with Crippen molar-refractivity contribution in [3.05, 3.63) is 58.5 Å². The van der Waals surface area contributed by atoms with Crippen LogP contribution in [-0.2, 0) is 4.74 Å². The van der Waals surface area contributed by atoms with Crippen molar-refractivity contribution < 1.29 is 13.9 Å². The van der Waals surface area contributed by atoms with Crippen LogP contribution in [0.2, 0.25) is 0 Å². The zero-order chi connectivity index (χ0) is 14.7. The minimum Gasteiger partial charge on any atom is -0.463 e. The summed E-state index contributed by atoms with van der Waals surface area (Å²) in [6, 6.07) is 9.67. The highest BCUT2D eigenvalue weighted by molar-refractivity contribution is 5.86. The van der Waals surface area contributed by atoms with E-state index in [2.05, 4.69) is 42.1 Å². The Hall–Kier alpha value is -2.07. The molecule has 1 heterocycles. The molecule has 1 unspecified atom stereocenters. The fourth-order valence-electron chi connectivity index (χ4n) is 2.37. The standard InChI is InChI=1S/C16H19NO3/c1-10-7-11(2)9-12(8-10)15(17-3)13-5-6-14(20-13)16(18)19-4/h5-9,15,17H,1-4H3. The molecule has 2 rings (SSSR count). The monoisotopic (exact) mass is 273 g/mol. The molecule has 0 radical (unpaired) electrons. The van der Waals surface area contributed by atoms with E-state index >= 15 is 0 Å². The molecular weight excluding hydrogens is 254 g/mol. The Morgan fingerprint density at radius 3 is 2.40 bits per heavy atom. The molecule has 1 atom stereocenters. The van der Waals surface area contributed by atoms with Crippen molar-refractivity contribution in [3.63, 3.8) is 0 Å². The molecule has 106 valence electrons. The highest BCUT2D eigenvalue weighted by atomic mass is 16.5. The number of esters is 1. The van der Waals surface area contributed by atoms with Crippen molar-refractivity contribution in [1.29, 1.82) is 0 Å². The number of aryl methyl sites for hydroxylation is 2. The van der Waals surface area contributed by atoms with Crippen LogP contribution in [0.3, 0.4) is 0 Å². The third-order valence-electron chi connectivity index (χ3n) is 3.16. The number of hydrogen-bond acceptors (Lipinski definition) is 4. The van der Waals surface area contributed by atoms with Crippen LogP contribution < -0.4 is 5.32 Å². The van der Waals surface area contributed by atoms with Gasteiger partial charge in [-0.3, -0.25) is 0 Å². The average Bonchev–Trinajstić information content (AvgIpc) is 2.87. The van der Waals surface area contributed by atoms with E-state index in [0.717, 1.165) is 5.56 Å². The Balaban J connectivity index is 2.36. The molecular formula is C16H19NO3. The van der Waals surface area contributed by atoms with Crippen molar-refractivity contribution in [2.24, 2.45) is 0 Å². The zero-order valence-electron chi connectivity index (χ0n) is 12.2. The van der Waals surface area contributed by atoms with Crippen LogP contribution in [0.1, 0.15) is 39.0 Å². The molecule has 0 aliphatic heterocycles. The Morgan fingerprint density at radius 2 is 1.85 bits per heavy atom. The maximum Gasteiger partial charge on any atom is 0.373 e. The second-order valence-electron chi connectivity index (χ2n) is 4.84. The smallest absolute Gasteiger partial charge is 0.373 e. The number of carbonyl (C=O) groups excluding carboxylic acids is 1. The Morgan fingerprint density at radius 1 is 1.20 bits per heavy atom. The minimum absolute atomic E-state index is 0.0907. The molecule has 1 aromatic carbocycles. The van der Waals surface area contributed by atoms with Crippen LogP contribution in [0.5, 0.6) is 0 Å².